The first-order valence-corrected chi connectivity index (χ1v) is 14.2. The van der Waals surface area contributed by atoms with E-state index in [0.29, 0.717) is 11.5 Å². The van der Waals surface area contributed by atoms with Gasteiger partial charge in [0.05, 0.1) is 25.3 Å². The van der Waals surface area contributed by atoms with Gasteiger partial charge in [-0.05, 0) is 72.8 Å². The molecule has 11 heteroatoms. The van der Waals surface area contributed by atoms with Crippen molar-refractivity contribution >= 4 is 19.8 Å². The maximum absolute atomic E-state index is 13.8. The zero-order valence-electron chi connectivity index (χ0n) is 22.9. The lowest BCUT2D eigenvalue weighted by atomic mass is 10.2. The molecular weight excluding hydrogens is 563 g/mol. The van der Waals surface area contributed by atoms with Crippen LogP contribution in [0.15, 0.2) is 109 Å². The topological polar surface area (TPSA) is 116 Å². The number of phosphoric ester groups is 1. The number of carbonyl (C=O) groups is 2. The van der Waals surface area contributed by atoms with E-state index in [1.807, 2.05) is 0 Å². The molecule has 0 heterocycles. The summed E-state index contributed by atoms with van der Waals surface area (Å²) in [4.78, 5) is 25.6. The molecule has 1 atom stereocenters. The zero-order chi connectivity index (χ0) is 29.8. The highest BCUT2D eigenvalue weighted by Gasteiger charge is 2.33. The van der Waals surface area contributed by atoms with Crippen LogP contribution in [0.4, 0.5) is 0 Å². The molecule has 4 aromatic rings. The van der Waals surface area contributed by atoms with Crippen molar-refractivity contribution in [3.05, 3.63) is 120 Å². The number of esters is 2. The van der Waals surface area contributed by atoms with Gasteiger partial charge < -0.3 is 28.0 Å². The van der Waals surface area contributed by atoms with Crippen molar-refractivity contribution in [3.63, 3.8) is 0 Å². The molecule has 0 bridgehead atoms. The number of hydrogen-bond donors (Lipinski definition) is 0. The Morgan fingerprint density at radius 3 is 1.50 bits per heavy atom. The Morgan fingerprint density at radius 1 is 0.595 bits per heavy atom. The van der Waals surface area contributed by atoms with E-state index in [2.05, 4.69) is 0 Å². The van der Waals surface area contributed by atoms with Crippen molar-refractivity contribution in [2.45, 2.75) is 6.10 Å². The number of para-hydroxylation sites is 2. The first-order valence-electron chi connectivity index (χ1n) is 12.8. The number of carbonyl (C=O) groups excluding carboxylic acids is 2. The molecule has 0 N–H and O–H groups in total. The van der Waals surface area contributed by atoms with Crippen molar-refractivity contribution < 1.29 is 46.7 Å². The van der Waals surface area contributed by atoms with Crippen LogP contribution < -0.4 is 18.5 Å². The number of hydrogen-bond acceptors (Lipinski definition) is 10. The van der Waals surface area contributed by atoms with Crippen LogP contribution >= 0.6 is 7.82 Å². The molecule has 0 aliphatic rings. The molecule has 1 unspecified atom stereocenters. The summed E-state index contributed by atoms with van der Waals surface area (Å²) in [5, 5.41) is 0. The van der Waals surface area contributed by atoms with Crippen molar-refractivity contribution in [3.8, 4) is 23.0 Å². The molecule has 0 aliphatic carbocycles. The van der Waals surface area contributed by atoms with Crippen LogP contribution in [0.1, 0.15) is 20.7 Å². The lowest BCUT2D eigenvalue weighted by Crippen LogP contribution is -2.30. The third kappa shape index (κ3) is 8.86. The van der Waals surface area contributed by atoms with Gasteiger partial charge in [-0.25, -0.2) is 14.2 Å². The summed E-state index contributed by atoms with van der Waals surface area (Å²) in [6.07, 6.45) is -1.19. The van der Waals surface area contributed by atoms with E-state index in [0.717, 1.165) is 0 Å². The molecule has 4 aromatic carbocycles. The summed E-state index contributed by atoms with van der Waals surface area (Å²) in [6.45, 7) is -0.905. The van der Waals surface area contributed by atoms with Crippen LogP contribution in [0.5, 0.6) is 23.0 Å². The number of phosphoric acid groups is 1. The Morgan fingerprint density at radius 2 is 1.05 bits per heavy atom. The van der Waals surface area contributed by atoms with Crippen LogP contribution in [0, 0.1) is 0 Å². The van der Waals surface area contributed by atoms with Crippen LogP contribution in [-0.4, -0.2) is 45.5 Å². The highest BCUT2D eigenvalue weighted by Crippen LogP contribution is 2.49. The summed E-state index contributed by atoms with van der Waals surface area (Å²) in [6, 6.07) is 29.2. The second kappa shape index (κ2) is 14.7. The highest BCUT2D eigenvalue weighted by molar-refractivity contribution is 7.49. The van der Waals surface area contributed by atoms with Crippen LogP contribution in [0.2, 0.25) is 0 Å². The molecule has 0 radical (unpaired) electrons. The maximum Gasteiger partial charge on any atom is 0.587 e. The maximum atomic E-state index is 13.8. The molecule has 0 fully saturated rings. The average Bonchev–Trinajstić information content (AvgIpc) is 3.03. The standard InChI is InChI=1S/C31H29O10P/c1-35-25-17-13-23(14-18-25)30(32)37-21-29(39-31(33)24-15-19-26(36-2)20-16-24)22-38-42(34,40-27-9-5-3-6-10-27)41-28-11-7-4-8-12-28/h3-20,29H,21-22H2,1-2H3. The zero-order valence-corrected chi connectivity index (χ0v) is 23.8. The van der Waals surface area contributed by atoms with Gasteiger partial charge in [-0.1, -0.05) is 36.4 Å². The summed E-state index contributed by atoms with van der Waals surface area (Å²) in [5.41, 5.74) is 0.467. The van der Waals surface area contributed by atoms with Gasteiger partial charge in [0.2, 0.25) is 0 Å². The lowest BCUT2D eigenvalue weighted by Gasteiger charge is -2.22. The summed E-state index contributed by atoms with van der Waals surface area (Å²) in [5.74, 6) is 0.182. The molecule has 218 valence electrons. The van der Waals surface area contributed by atoms with E-state index in [-0.39, 0.29) is 22.6 Å². The molecule has 0 saturated heterocycles. The number of methoxy groups -OCH3 is 2. The molecule has 10 nitrogen and oxygen atoms in total. The summed E-state index contributed by atoms with van der Waals surface area (Å²) in [7, 11) is -1.30. The summed E-state index contributed by atoms with van der Waals surface area (Å²) < 4.78 is 51.9. The molecule has 0 aliphatic heterocycles. The SMILES string of the molecule is COc1ccc(C(=O)OCC(COP(=O)(Oc2ccccc2)Oc2ccccc2)OC(=O)c2ccc(OC)cc2)cc1. The minimum absolute atomic E-state index is 0.214. The third-order valence-corrected chi connectivity index (χ3v) is 7.00. The minimum Gasteiger partial charge on any atom is -0.497 e. The van der Waals surface area contributed by atoms with E-state index < -0.39 is 39.1 Å². The Bertz CT molecular complexity index is 1430. The smallest absolute Gasteiger partial charge is 0.497 e. The second-order valence-corrected chi connectivity index (χ2v) is 10.2. The Hall–Kier alpha value is -4.79. The quantitative estimate of drug-likeness (QED) is 0.121. The summed E-state index contributed by atoms with van der Waals surface area (Å²) >= 11 is 0. The Labute approximate surface area is 243 Å². The first kappa shape index (κ1) is 30.2. The van der Waals surface area contributed by atoms with Gasteiger partial charge in [0.1, 0.15) is 36.2 Å². The van der Waals surface area contributed by atoms with Crippen molar-refractivity contribution in [1.82, 2.24) is 0 Å². The molecule has 42 heavy (non-hydrogen) atoms. The van der Waals surface area contributed by atoms with E-state index in [9.17, 15) is 14.2 Å². The largest absolute Gasteiger partial charge is 0.587 e. The van der Waals surface area contributed by atoms with Crippen LogP contribution in [0.25, 0.3) is 0 Å². The average molecular weight is 593 g/mol. The van der Waals surface area contributed by atoms with E-state index in [1.54, 1.807) is 84.9 Å². The second-order valence-electron chi connectivity index (χ2n) is 8.63. The van der Waals surface area contributed by atoms with Crippen LogP contribution in [0.3, 0.4) is 0 Å². The minimum atomic E-state index is -4.32. The fourth-order valence-corrected chi connectivity index (χ4v) is 4.76. The number of rotatable bonds is 14. The van der Waals surface area contributed by atoms with Gasteiger partial charge in [0, 0.05) is 0 Å². The van der Waals surface area contributed by atoms with E-state index in [4.69, 9.17) is 32.5 Å². The lowest BCUT2D eigenvalue weighted by molar-refractivity contribution is -0.0162. The van der Waals surface area contributed by atoms with E-state index in [1.165, 1.54) is 38.5 Å². The van der Waals surface area contributed by atoms with Gasteiger partial charge in [-0.2, -0.15) is 0 Å². The fourth-order valence-electron chi connectivity index (χ4n) is 3.51. The third-order valence-electron chi connectivity index (χ3n) is 5.66. The van der Waals surface area contributed by atoms with E-state index >= 15 is 0 Å². The Kier molecular flexibility index (Phi) is 10.6. The number of benzene rings is 4. The van der Waals surface area contributed by atoms with Gasteiger partial charge in [-0.15, -0.1) is 0 Å². The van der Waals surface area contributed by atoms with Crippen molar-refractivity contribution in [2.24, 2.45) is 0 Å². The molecule has 0 aromatic heterocycles. The fraction of sp³-hybridized carbons (Fsp3) is 0.161. The van der Waals surface area contributed by atoms with Crippen molar-refractivity contribution in [2.75, 3.05) is 27.4 Å². The molecule has 0 amide bonds. The monoisotopic (exact) mass is 592 g/mol. The van der Waals surface area contributed by atoms with Gasteiger partial charge >= 0.3 is 19.8 Å². The Balaban J connectivity index is 1.51. The molecular formula is C31H29O10P. The molecule has 0 saturated carbocycles. The highest BCUT2D eigenvalue weighted by atomic mass is 31.2. The first-order chi connectivity index (χ1) is 20.4. The van der Waals surface area contributed by atoms with Crippen molar-refractivity contribution in [1.29, 1.82) is 0 Å². The van der Waals surface area contributed by atoms with Crippen LogP contribution in [-0.2, 0) is 18.6 Å². The normalized spacial score (nSPS) is 11.6. The van der Waals surface area contributed by atoms with Gasteiger partial charge in [0.15, 0.2) is 6.10 Å². The molecule has 4 rings (SSSR count). The predicted molar refractivity (Wildman–Crippen MR) is 153 cm³/mol. The predicted octanol–water partition coefficient (Wildman–Crippen LogP) is 6.37. The number of ether oxygens (including phenoxy) is 4. The molecule has 0 spiro atoms. The van der Waals surface area contributed by atoms with Gasteiger partial charge in [0.25, 0.3) is 0 Å². The van der Waals surface area contributed by atoms with Gasteiger partial charge in [-0.3, -0.25) is 4.52 Å².